The molecule has 31 heavy (non-hydrogen) atoms. The molecule has 7 heteroatoms. The third kappa shape index (κ3) is 17.5. The maximum atomic E-state index is 12.2. The first kappa shape index (κ1) is 29.1. The van der Waals surface area contributed by atoms with Crippen LogP contribution in [0.4, 0.5) is 0 Å². The van der Waals surface area contributed by atoms with E-state index in [9.17, 15) is 19.2 Å². The van der Waals surface area contributed by atoms with Crippen LogP contribution in [0.3, 0.4) is 0 Å². The van der Waals surface area contributed by atoms with Gasteiger partial charge in [0.25, 0.3) is 0 Å². The van der Waals surface area contributed by atoms with Gasteiger partial charge in [-0.25, -0.2) is 0 Å². The van der Waals surface area contributed by atoms with Crippen molar-refractivity contribution in [2.24, 2.45) is 11.8 Å². The molecule has 0 aromatic heterocycles. The van der Waals surface area contributed by atoms with Crippen molar-refractivity contribution in [3.05, 3.63) is 12.2 Å². The molecule has 178 valence electrons. The van der Waals surface area contributed by atoms with Crippen molar-refractivity contribution in [3.63, 3.8) is 0 Å². The zero-order valence-corrected chi connectivity index (χ0v) is 19.8. The van der Waals surface area contributed by atoms with Crippen molar-refractivity contribution in [1.29, 1.82) is 0 Å². The van der Waals surface area contributed by atoms with E-state index < -0.39 is 0 Å². The molecular weight excluding hydrogens is 398 g/mol. The average molecular weight is 440 g/mol. The van der Waals surface area contributed by atoms with E-state index in [4.69, 9.17) is 9.47 Å². The number of amides is 1. The smallest absolute Gasteiger partial charge is 0.223 e. The van der Waals surface area contributed by atoms with Crippen molar-refractivity contribution in [2.45, 2.75) is 72.6 Å². The van der Waals surface area contributed by atoms with Gasteiger partial charge in [-0.05, 0) is 44.6 Å². The van der Waals surface area contributed by atoms with Gasteiger partial charge in [0.05, 0.1) is 19.8 Å². The lowest BCUT2D eigenvalue weighted by Gasteiger charge is -2.17. The second-order valence-corrected chi connectivity index (χ2v) is 8.49. The molecule has 0 bridgehead atoms. The minimum Gasteiger partial charge on any atom is -0.377 e. The topological polar surface area (TPSA) is 98.8 Å². The normalized spacial score (nSPS) is 11.9. The Balaban J connectivity index is 3.68. The Morgan fingerprint density at radius 2 is 1.55 bits per heavy atom. The summed E-state index contributed by atoms with van der Waals surface area (Å²) >= 11 is 0. The number of ketones is 3. The van der Waals surface area contributed by atoms with Crippen molar-refractivity contribution in [3.8, 4) is 0 Å². The van der Waals surface area contributed by atoms with Crippen molar-refractivity contribution in [2.75, 3.05) is 33.0 Å². The van der Waals surface area contributed by atoms with Gasteiger partial charge in [-0.15, -0.1) is 0 Å². The molecule has 0 aromatic carbocycles. The molecule has 0 heterocycles. The third-order valence-electron chi connectivity index (χ3n) is 4.68. The van der Waals surface area contributed by atoms with Gasteiger partial charge in [-0.3, -0.25) is 14.4 Å². The summed E-state index contributed by atoms with van der Waals surface area (Å²) in [6.45, 7) is 12.3. The number of rotatable bonds is 20. The highest BCUT2D eigenvalue weighted by molar-refractivity contribution is 5.94. The van der Waals surface area contributed by atoms with Crippen molar-refractivity contribution < 1.29 is 28.7 Å². The minimum atomic E-state index is -0.293. The van der Waals surface area contributed by atoms with E-state index in [0.717, 1.165) is 19.3 Å². The molecule has 0 aliphatic rings. The lowest BCUT2D eigenvalue weighted by molar-refractivity contribution is -0.129. The fourth-order valence-corrected chi connectivity index (χ4v) is 3.07. The van der Waals surface area contributed by atoms with Gasteiger partial charge in [0.1, 0.15) is 12.4 Å². The Hall–Kier alpha value is -1.86. The molecule has 1 atom stereocenters. The van der Waals surface area contributed by atoms with Gasteiger partial charge in [0, 0.05) is 31.7 Å². The van der Waals surface area contributed by atoms with E-state index in [1.165, 1.54) is 6.92 Å². The number of hydrogen-bond donors (Lipinski definition) is 1. The highest BCUT2D eigenvalue weighted by atomic mass is 16.5. The molecule has 0 saturated carbocycles. The summed E-state index contributed by atoms with van der Waals surface area (Å²) in [5.74, 6) is 0.0798. The predicted molar refractivity (Wildman–Crippen MR) is 121 cm³/mol. The first-order valence-corrected chi connectivity index (χ1v) is 11.3. The molecule has 0 rings (SSSR count). The van der Waals surface area contributed by atoms with Crippen LogP contribution in [0.15, 0.2) is 12.2 Å². The summed E-state index contributed by atoms with van der Waals surface area (Å²) in [4.78, 5) is 46.7. The number of unbranched alkanes of at least 4 members (excludes halogenated alkanes) is 2. The summed E-state index contributed by atoms with van der Waals surface area (Å²) < 4.78 is 10.7. The summed E-state index contributed by atoms with van der Waals surface area (Å²) in [5, 5.41) is 2.81. The van der Waals surface area contributed by atoms with E-state index in [1.54, 1.807) is 6.92 Å². The molecule has 1 amide bonds. The number of hydrogen-bond acceptors (Lipinski definition) is 6. The number of carbonyl (C=O) groups is 4. The molecule has 0 spiro atoms. The van der Waals surface area contributed by atoms with E-state index in [0.29, 0.717) is 57.1 Å². The second kappa shape index (κ2) is 17.8. The highest BCUT2D eigenvalue weighted by Gasteiger charge is 2.21. The molecule has 0 radical (unpaired) electrons. The maximum absolute atomic E-state index is 12.2. The molecule has 0 saturated heterocycles. The Labute approximate surface area is 187 Å². The Bertz CT molecular complexity index is 585. The lowest BCUT2D eigenvalue weighted by Crippen LogP contribution is -2.35. The molecule has 0 aromatic rings. The van der Waals surface area contributed by atoms with Crippen LogP contribution in [0.25, 0.3) is 0 Å². The first-order valence-electron chi connectivity index (χ1n) is 11.3. The predicted octanol–water partition coefficient (Wildman–Crippen LogP) is 3.44. The van der Waals surface area contributed by atoms with Crippen LogP contribution in [0.5, 0.6) is 0 Å². The Morgan fingerprint density at radius 3 is 2.16 bits per heavy atom. The van der Waals surface area contributed by atoms with Gasteiger partial charge in [0.2, 0.25) is 5.91 Å². The number of allylic oxidation sites excluding steroid dienone is 1. The summed E-state index contributed by atoms with van der Waals surface area (Å²) in [5.41, 5.74) is 0.581. The standard InChI is InChI=1S/C24H41NO6/c1-18(2)15-21(16-20(5)26)24(29)25-11-12-30-13-14-31-17-22(27)9-7-6-8-10-23(28)19(3)4/h18,21H,3,6-17H2,1-2,4-5H3,(H,25,29). The number of nitrogens with one attached hydrogen (secondary N) is 1. The van der Waals surface area contributed by atoms with Gasteiger partial charge in [-0.2, -0.15) is 0 Å². The summed E-state index contributed by atoms with van der Waals surface area (Å²) in [6.07, 6.45) is 4.25. The van der Waals surface area contributed by atoms with E-state index >= 15 is 0 Å². The molecule has 0 aliphatic carbocycles. The summed E-state index contributed by atoms with van der Waals surface area (Å²) in [6, 6.07) is 0. The van der Waals surface area contributed by atoms with Crippen LogP contribution in [-0.4, -0.2) is 56.2 Å². The first-order chi connectivity index (χ1) is 14.6. The molecule has 0 fully saturated rings. The van der Waals surface area contributed by atoms with Crippen LogP contribution < -0.4 is 5.32 Å². The number of carbonyl (C=O) groups excluding carboxylic acids is 4. The van der Waals surface area contributed by atoms with E-state index in [-0.39, 0.29) is 42.2 Å². The monoisotopic (exact) mass is 439 g/mol. The van der Waals surface area contributed by atoms with E-state index in [2.05, 4.69) is 11.9 Å². The van der Waals surface area contributed by atoms with Crippen LogP contribution in [0.1, 0.15) is 72.6 Å². The van der Waals surface area contributed by atoms with Gasteiger partial charge >= 0.3 is 0 Å². The van der Waals surface area contributed by atoms with Crippen LogP contribution in [0, 0.1) is 11.8 Å². The SMILES string of the molecule is C=C(C)C(=O)CCCCCC(=O)COCCOCCNC(=O)C(CC(C)=O)CC(C)C. The summed E-state index contributed by atoms with van der Waals surface area (Å²) in [7, 11) is 0. The van der Waals surface area contributed by atoms with Crippen LogP contribution >= 0.6 is 0 Å². The fraction of sp³-hybridized carbons (Fsp3) is 0.750. The molecule has 7 nitrogen and oxygen atoms in total. The van der Waals surface area contributed by atoms with Crippen molar-refractivity contribution >= 4 is 23.3 Å². The van der Waals surface area contributed by atoms with E-state index in [1.807, 2.05) is 13.8 Å². The average Bonchev–Trinajstić information content (AvgIpc) is 2.67. The molecular formula is C24H41NO6. The van der Waals surface area contributed by atoms with Crippen molar-refractivity contribution in [1.82, 2.24) is 5.32 Å². The second-order valence-electron chi connectivity index (χ2n) is 8.49. The maximum Gasteiger partial charge on any atom is 0.223 e. The number of ether oxygens (including phenoxy) is 2. The zero-order valence-electron chi connectivity index (χ0n) is 19.8. The largest absolute Gasteiger partial charge is 0.377 e. The van der Waals surface area contributed by atoms with Gasteiger partial charge < -0.3 is 19.6 Å². The van der Waals surface area contributed by atoms with Crippen LogP contribution in [0.2, 0.25) is 0 Å². The lowest BCUT2D eigenvalue weighted by atomic mass is 9.92. The molecule has 0 aliphatic heterocycles. The Kier molecular flexibility index (Phi) is 16.7. The quantitative estimate of drug-likeness (QED) is 0.230. The Morgan fingerprint density at radius 1 is 0.903 bits per heavy atom. The number of Topliss-reactive ketones (excluding diaryl/α,β-unsaturated/α-hetero) is 3. The third-order valence-corrected chi connectivity index (χ3v) is 4.68. The van der Waals surface area contributed by atoms with Crippen LogP contribution in [-0.2, 0) is 28.7 Å². The highest BCUT2D eigenvalue weighted by Crippen LogP contribution is 2.16. The van der Waals surface area contributed by atoms with Gasteiger partial charge in [0.15, 0.2) is 11.6 Å². The minimum absolute atomic E-state index is 0.0154. The molecule has 1 unspecified atom stereocenters. The fourth-order valence-electron chi connectivity index (χ4n) is 3.07. The molecule has 1 N–H and O–H groups in total. The van der Waals surface area contributed by atoms with Gasteiger partial charge in [-0.1, -0.05) is 26.8 Å². The zero-order chi connectivity index (χ0) is 23.6.